The van der Waals surface area contributed by atoms with E-state index in [1.54, 1.807) is 9.13 Å². The molecule has 1 aliphatic rings. The van der Waals surface area contributed by atoms with Crippen LogP contribution in [0.1, 0.15) is 23.2 Å². The minimum absolute atomic E-state index is 0.0225. The number of hydrogen-bond donors (Lipinski definition) is 0. The molecular weight excluding hydrogens is 320 g/mol. The van der Waals surface area contributed by atoms with Gasteiger partial charge >= 0.3 is 5.69 Å². The minimum Gasteiger partial charge on any atom is -0.381 e. The van der Waals surface area contributed by atoms with Crippen LogP contribution in [0.4, 0.5) is 0 Å². The maximum atomic E-state index is 12.0. The second kappa shape index (κ2) is 5.37. The minimum atomic E-state index is 0.0225. The average molecular weight is 339 g/mol. The van der Waals surface area contributed by atoms with Crippen molar-refractivity contribution in [1.29, 1.82) is 0 Å². The van der Waals surface area contributed by atoms with Crippen molar-refractivity contribution in [3.8, 4) is 0 Å². The fraction of sp³-hybridized carbons (Fsp3) is 0.533. The molecule has 1 fully saturated rings. The summed E-state index contributed by atoms with van der Waals surface area (Å²) in [5.41, 5.74) is 3.24. The van der Waals surface area contributed by atoms with Gasteiger partial charge in [0, 0.05) is 32.1 Å². The van der Waals surface area contributed by atoms with Crippen molar-refractivity contribution in [2.45, 2.75) is 17.7 Å². The largest absolute Gasteiger partial charge is 0.381 e. The summed E-state index contributed by atoms with van der Waals surface area (Å²) in [6, 6.07) is 6.29. The molecule has 0 aliphatic carbocycles. The SMILES string of the molecule is Cn1c(=O)n(C)c2cc(C(Br)C3CCOCC3)ccc21. The van der Waals surface area contributed by atoms with Crippen molar-refractivity contribution in [1.82, 2.24) is 9.13 Å². The van der Waals surface area contributed by atoms with Crippen LogP contribution in [0.15, 0.2) is 23.0 Å². The molecule has 1 aromatic heterocycles. The summed E-state index contributed by atoms with van der Waals surface area (Å²) in [6.45, 7) is 1.69. The van der Waals surface area contributed by atoms with Crippen LogP contribution in [0, 0.1) is 5.92 Å². The molecule has 0 N–H and O–H groups in total. The Morgan fingerprint density at radius 2 is 1.85 bits per heavy atom. The highest BCUT2D eigenvalue weighted by atomic mass is 79.9. The molecule has 1 saturated heterocycles. The quantitative estimate of drug-likeness (QED) is 0.789. The van der Waals surface area contributed by atoms with Gasteiger partial charge in [0.2, 0.25) is 0 Å². The van der Waals surface area contributed by atoms with E-state index in [-0.39, 0.29) is 5.69 Å². The smallest absolute Gasteiger partial charge is 0.328 e. The molecule has 2 aromatic rings. The number of halogens is 1. The van der Waals surface area contributed by atoms with Gasteiger partial charge in [-0.25, -0.2) is 4.79 Å². The van der Waals surface area contributed by atoms with E-state index in [1.165, 1.54) is 5.56 Å². The van der Waals surface area contributed by atoms with E-state index >= 15 is 0 Å². The van der Waals surface area contributed by atoms with E-state index in [0.29, 0.717) is 10.7 Å². The molecule has 4 nitrogen and oxygen atoms in total. The Morgan fingerprint density at radius 1 is 1.20 bits per heavy atom. The number of aryl methyl sites for hydroxylation is 2. The summed E-state index contributed by atoms with van der Waals surface area (Å²) in [5.74, 6) is 0.599. The average Bonchev–Trinajstić information content (AvgIpc) is 2.72. The van der Waals surface area contributed by atoms with Crippen LogP contribution < -0.4 is 5.69 Å². The molecule has 0 amide bonds. The second-order valence-corrected chi connectivity index (χ2v) is 6.49. The summed E-state index contributed by atoms with van der Waals surface area (Å²) in [6.07, 6.45) is 2.17. The summed E-state index contributed by atoms with van der Waals surface area (Å²) in [7, 11) is 3.64. The Balaban J connectivity index is 2.00. The van der Waals surface area contributed by atoms with Crippen molar-refractivity contribution < 1.29 is 4.74 Å². The number of rotatable bonds is 2. The van der Waals surface area contributed by atoms with E-state index in [0.717, 1.165) is 37.1 Å². The third kappa shape index (κ3) is 2.23. The molecule has 1 atom stereocenters. The normalized spacial score (nSPS) is 18.6. The predicted octanol–water partition coefficient (Wildman–Crippen LogP) is 2.74. The fourth-order valence-electron chi connectivity index (χ4n) is 2.98. The maximum Gasteiger partial charge on any atom is 0.328 e. The van der Waals surface area contributed by atoms with Crippen molar-refractivity contribution in [2.24, 2.45) is 20.0 Å². The molecule has 0 spiro atoms. The van der Waals surface area contributed by atoms with Crippen molar-refractivity contribution in [3.63, 3.8) is 0 Å². The van der Waals surface area contributed by atoms with Crippen LogP contribution in [0.2, 0.25) is 0 Å². The number of nitrogens with zero attached hydrogens (tertiary/aromatic N) is 2. The number of fused-ring (bicyclic) bond motifs is 1. The lowest BCUT2D eigenvalue weighted by molar-refractivity contribution is 0.0662. The van der Waals surface area contributed by atoms with Crippen molar-refractivity contribution in [2.75, 3.05) is 13.2 Å². The lowest BCUT2D eigenvalue weighted by atomic mass is 9.92. The number of hydrogen-bond acceptors (Lipinski definition) is 2. The van der Waals surface area contributed by atoms with Gasteiger partial charge in [0.15, 0.2) is 0 Å². The zero-order valence-electron chi connectivity index (χ0n) is 11.8. The monoisotopic (exact) mass is 338 g/mol. The number of ether oxygens (including phenoxy) is 1. The molecule has 108 valence electrons. The highest BCUT2D eigenvalue weighted by Gasteiger charge is 2.23. The zero-order chi connectivity index (χ0) is 14.3. The van der Waals surface area contributed by atoms with Gasteiger partial charge in [-0.1, -0.05) is 22.0 Å². The van der Waals surface area contributed by atoms with Crippen LogP contribution in [0.5, 0.6) is 0 Å². The standard InChI is InChI=1S/C15H19BrN2O2/c1-17-12-4-3-11(9-13(12)18(2)15(17)19)14(16)10-5-7-20-8-6-10/h3-4,9-10,14H,5-8H2,1-2H3. The molecular formula is C15H19BrN2O2. The van der Waals surface area contributed by atoms with Crippen molar-refractivity contribution >= 4 is 27.0 Å². The Labute approximate surface area is 126 Å². The lowest BCUT2D eigenvalue weighted by Crippen LogP contribution is -2.19. The number of alkyl halides is 1. The zero-order valence-corrected chi connectivity index (χ0v) is 13.4. The van der Waals surface area contributed by atoms with Crippen LogP contribution in [0.3, 0.4) is 0 Å². The molecule has 0 bridgehead atoms. The molecule has 1 aliphatic heterocycles. The summed E-state index contributed by atoms with van der Waals surface area (Å²) in [5, 5.41) is 0. The molecule has 0 radical (unpaired) electrons. The van der Waals surface area contributed by atoms with E-state index in [2.05, 4.69) is 28.1 Å². The van der Waals surface area contributed by atoms with Gasteiger partial charge < -0.3 is 4.74 Å². The Kier molecular flexibility index (Phi) is 3.73. The molecule has 5 heteroatoms. The van der Waals surface area contributed by atoms with Gasteiger partial charge in [-0.15, -0.1) is 0 Å². The van der Waals surface area contributed by atoms with Gasteiger partial charge in [0.25, 0.3) is 0 Å². The second-order valence-electron chi connectivity index (χ2n) is 5.50. The third-order valence-electron chi connectivity index (χ3n) is 4.29. The predicted molar refractivity (Wildman–Crippen MR) is 83.4 cm³/mol. The Bertz CT molecular complexity index is 683. The fourth-order valence-corrected chi connectivity index (χ4v) is 3.79. The van der Waals surface area contributed by atoms with Gasteiger partial charge in [-0.2, -0.15) is 0 Å². The summed E-state index contributed by atoms with van der Waals surface area (Å²) >= 11 is 3.83. The first-order valence-electron chi connectivity index (χ1n) is 6.97. The number of benzene rings is 1. The van der Waals surface area contributed by atoms with Gasteiger partial charge in [0.05, 0.1) is 11.0 Å². The first kappa shape index (κ1) is 13.9. The van der Waals surface area contributed by atoms with Crippen molar-refractivity contribution in [3.05, 3.63) is 34.2 Å². The molecule has 2 heterocycles. The first-order chi connectivity index (χ1) is 9.59. The molecule has 1 aromatic carbocycles. The molecule has 1 unspecified atom stereocenters. The van der Waals surface area contributed by atoms with Gasteiger partial charge in [-0.05, 0) is 36.5 Å². The van der Waals surface area contributed by atoms with Gasteiger partial charge in [-0.3, -0.25) is 9.13 Å². The van der Waals surface area contributed by atoms with Gasteiger partial charge in [0.1, 0.15) is 0 Å². The summed E-state index contributed by atoms with van der Waals surface area (Å²) < 4.78 is 8.83. The molecule has 20 heavy (non-hydrogen) atoms. The van der Waals surface area contributed by atoms with E-state index in [9.17, 15) is 4.79 Å². The topological polar surface area (TPSA) is 36.2 Å². The highest BCUT2D eigenvalue weighted by Crippen LogP contribution is 2.37. The highest BCUT2D eigenvalue weighted by molar-refractivity contribution is 9.09. The molecule has 0 saturated carbocycles. The van der Waals surface area contributed by atoms with Crippen LogP contribution in [-0.2, 0) is 18.8 Å². The van der Waals surface area contributed by atoms with Crippen LogP contribution in [-0.4, -0.2) is 22.3 Å². The van der Waals surface area contributed by atoms with E-state index in [1.807, 2.05) is 20.2 Å². The summed E-state index contributed by atoms with van der Waals surface area (Å²) in [4.78, 5) is 12.3. The Hall–Kier alpha value is -1.07. The van der Waals surface area contributed by atoms with Crippen LogP contribution >= 0.6 is 15.9 Å². The van der Waals surface area contributed by atoms with Crippen LogP contribution in [0.25, 0.3) is 11.0 Å². The Morgan fingerprint density at radius 3 is 2.55 bits per heavy atom. The first-order valence-corrected chi connectivity index (χ1v) is 7.88. The maximum absolute atomic E-state index is 12.0. The molecule has 3 rings (SSSR count). The number of imidazole rings is 1. The van der Waals surface area contributed by atoms with E-state index in [4.69, 9.17) is 4.74 Å². The lowest BCUT2D eigenvalue weighted by Gasteiger charge is -2.26. The van der Waals surface area contributed by atoms with E-state index < -0.39 is 0 Å². The third-order valence-corrected chi connectivity index (χ3v) is 5.57. The number of aromatic nitrogens is 2.